The van der Waals surface area contributed by atoms with Gasteiger partial charge in [-0.15, -0.1) is 11.3 Å². The zero-order valence-corrected chi connectivity index (χ0v) is 11.3. The SMILES string of the molecule is CCc1ccc(CC(=O)CC2CCCNC2)s1. The number of Topliss-reactive ketones (excluding diaryl/α,β-unsaturated/α-hetero) is 1. The Morgan fingerprint density at radius 3 is 2.94 bits per heavy atom. The van der Waals surface area contributed by atoms with Gasteiger partial charge >= 0.3 is 0 Å². The van der Waals surface area contributed by atoms with Crippen molar-refractivity contribution in [2.45, 2.75) is 39.0 Å². The Balaban J connectivity index is 1.79. The number of piperidine rings is 1. The molecule has 1 fully saturated rings. The summed E-state index contributed by atoms with van der Waals surface area (Å²) in [6.07, 6.45) is 4.90. The summed E-state index contributed by atoms with van der Waals surface area (Å²) in [4.78, 5) is 14.6. The molecule has 3 heteroatoms. The molecule has 0 saturated carbocycles. The highest BCUT2D eigenvalue weighted by atomic mass is 32.1. The number of ketones is 1. The monoisotopic (exact) mass is 251 g/mol. The van der Waals surface area contributed by atoms with Crippen molar-refractivity contribution in [3.05, 3.63) is 21.9 Å². The maximum absolute atomic E-state index is 12.0. The van der Waals surface area contributed by atoms with E-state index < -0.39 is 0 Å². The maximum Gasteiger partial charge on any atom is 0.138 e. The number of carbonyl (C=O) groups is 1. The number of aryl methyl sites for hydroxylation is 1. The minimum absolute atomic E-state index is 0.406. The molecule has 94 valence electrons. The summed E-state index contributed by atoms with van der Waals surface area (Å²) in [7, 11) is 0. The quantitative estimate of drug-likeness (QED) is 0.872. The molecule has 0 amide bonds. The Hall–Kier alpha value is -0.670. The van der Waals surface area contributed by atoms with Crippen LogP contribution < -0.4 is 5.32 Å². The first kappa shape index (κ1) is 12.8. The molecule has 2 heterocycles. The van der Waals surface area contributed by atoms with Crippen LogP contribution >= 0.6 is 11.3 Å². The number of hydrogen-bond donors (Lipinski definition) is 1. The van der Waals surface area contributed by atoms with Crippen LogP contribution in [-0.2, 0) is 17.6 Å². The van der Waals surface area contributed by atoms with E-state index in [0.29, 0.717) is 18.1 Å². The lowest BCUT2D eigenvalue weighted by Gasteiger charge is -2.21. The van der Waals surface area contributed by atoms with E-state index in [2.05, 4.69) is 24.4 Å². The van der Waals surface area contributed by atoms with Crippen molar-refractivity contribution in [2.24, 2.45) is 5.92 Å². The first-order chi connectivity index (χ1) is 8.28. The maximum atomic E-state index is 12.0. The molecular formula is C14H21NOS. The van der Waals surface area contributed by atoms with Crippen LogP contribution in [0.3, 0.4) is 0 Å². The molecular weight excluding hydrogens is 230 g/mol. The molecule has 1 unspecified atom stereocenters. The van der Waals surface area contributed by atoms with Gasteiger partial charge in [-0.1, -0.05) is 6.92 Å². The largest absolute Gasteiger partial charge is 0.316 e. The van der Waals surface area contributed by atoms with Crippen LogP contribution in [0.2, 0.25) is 0 Å². The molecule has 1 aromatic heterocycles. The van der Waals surface area contributed by atoms with E-state index in [9.17, 15) is 4.79 Å². The van der Waals surface area contributed by atoms with E-state index >= 15 is 0 Å². The van der Waals surface area contributed by atoms with Crippen molar-refractivity contribution in [2.75, 3.05) is 13.1 Å². The summed E-state index contributed by atoms with van der Waals surface area (Å²) in [6.45, 7) is 4.30. The Morgan fingerprint density at radius 2 is 2.29 bits per heavy atom. The number of hydrogen-bond acceptors (Lipinski definition) is 3. The van der Waals surface area contributed by atoms with Crippen molar-refractivity contribution in [1.82, 2.24) is 5.32 Å². The zero-order valence-electron chi connectivity index (χ0n) is 10.5. The average Bonchev–Trinajstić information content (AvgIpc) is 2.78. The lowest BCUT2D eigenvalue weighted by Crippen LogP contribution is -2.31. The second-order valence-electron chi connectivity index (χ2n) is 4.85. The predicted octanol–water partition coefficient (Wildman–Crippen LogP) is 2.81. The Labute approximate surface area is 107 Å². The Kier molecular flexibility index (Phi) is 4.75. The average molecular weight is 251 g/mol. The molecule has 0 aliphatic carbocycles. The van der Waals surface area contributed by atoms with Gasteiger partial charge in [-0.05, 0) is 50.4 Å². The van der Waals surface area contributed by atoms with Crippen molar-refractivity contribution in [1.29, 1.82) is 0 Å². The molecule has 0 aromatic carbocycles. The van der Waals surface area contributed by atoms with E-state index in [-0.39, 0.29) is 0 Å². The summed E-state index contributed by atoms with van der Waals surface area (Å²) < 4.78 is 0. The van der Waals surface area contributed by atoms with Crippen molar-refractivity contribution in [3.63, 3.8) is 0 Å². The molecule has 0 radical (unpaired) electrons. The second-order valence-corrected chi connectivity index (χ2v) is 6.11. The van der Waals surface area contributed by atoms with E-state index in [1.54, 1.807) is 11.3 Å². The molecule has 17 heavy (non-hydrogen) atoms. The summed E-state index contributed by atoms with van der Waals surface area (Å²) in [5.41, 5.74) is 0. The van der Waals surface area contributed by atoms with Gasteiger partial charge in [0.05, 0.1) is 0 Å². The highest BCUT2D eigenvalue weighted by molar-refractivity contribution is 7.12. The first-order valence-electron chi connectivity index (χ1n) is 6.58. The highest BCUT2D eigenvalue weighted by Gasteiger charge is 2.17. The lowest BCUT2D eigenvalue weighted by molar-refractivity contribution is -0.119. The molecule has 1 N–H and O–H groups in total. The second kappa shape index (κ2) is 6.31. The smallest absolute Gasteiger partial charge is 0.138 e. The van der Waals surface area contributed by atoms with Gasteiger partial charge in [0.2, 0.25) is 0 Å². The Morgan fingerprint density at radius 1 is 1.47 bits per heavy atom. The molecule has 0 spiro atoms. The van der Waals surface area contributed by atoms with Crippen LogP contribution in [0.25, 0.3) is 0 Å². The van der Waals surface area contributed by atoms with Crippen LogP contribution in [0, 0.1) is 5.92 Å². The van der Waals surface area contributed by atoms with Gasteiger partial charge in [0.1, 0.15) is 5.78 Å². The fourth-order valence-electron chi connectivity index (χ4n) is 2.39. The van der Waals surface area contributed by atoms with Gasteiger partial charge in [-0.3, -0.25) is 4.79 Å². The summed E-state index contributed by atoms with van der Waals surface area (Å²) >= 11 is 1.79. The van der Waals surface area contributed by atoms with Gasteiger partial charge < -0.3 is 5.32 Å². The topological polar surface area (TPSA) is 29.1 Å². The van der Waals surface area contributed by atoms with Gasteiger partial charge in [-0.25, -0.2) is 0 Å². The number of nitrogens with one attached hydrogen (secondary N) is 1. The molecule has 1 atom stereocenters. The minimum Gasteiger partial charge on any atom is -0.316 e. The molecule has 0 bridgehead atoms. The van der Waals surface area contributed by atoms with E-state index in [1.807, 2.05) is 0 Å². The van der Waals surface area contributed by atoms with Gasteiger partial charge in [0.15, 0.2) is 0 Å². The molecule has 2 nitrogen and oxygen atoms in total. The molecule has 1 aliphatic heterocycles. The minimum atomic E-state index is 0.406. The predicted molar refractivity (Wildman–Crippen MR) is 72.6 cm³/mol. The fourth-order valence-corrected chi connectivity index (χ4v) is 3.38. The van der Waals surface area contributed by atoms with Gasteiger partial charge in [0.25, 0.3) is 0 Å². The van der Waals surface area contributed by atoms with Crippen LogP contribution in [0.1, 0.15) is 35.9 Å². The third kappa shape index (κ3) is 3.93. The van der Waals surface area contributed by atoms with Crippen LogP contribution in [0.4, 0.5) is 0 Å². The first-order valence-corrected chi connectivity index (χ1v) is 7.39. The van der Waals surface area contributed by atoms with E-state index in [4.69, 9.17) is 0 Å². The van der Waals surface area contributed by atoms with Crippen molar-refractivity contribution in [3.8, 4) is 0 Å². The lowest BCUT2D eigenvalue weighted by atomic mass is 9.93. The Bertz CT molecular complexity index is 366. The number of rotatable bonds is 5. The fraction of sp³-hybridized carbons (Fsp3) is 0.643. The van der Waals surface area contributed by atoms with E-state index in [0.717, 1.165) is 25.9 Å². The van der Waals surface area contributed by atoms with Crippen LogP contribution in [0.15, 0.2) is 12.1 Å². The molecule has 1 aromatic rings. The van der Waals surface area contributed by atoms with Crippen LogP contribution in [-0.4, -0.2) is 18.9 Å². The van der Waals surface area contributed by atoms with Gasteiger partial charge in [-0.2, -0.15) is 0 Å². The standard InChI is InChI=1S/C14H21NOS/c1-2-13-5-6-14(17-13)9-12(16)8-11-4-3-7-15-10-11/h5-6,11,15H,2-4,7-10H2,1H3. The van der Waals surface area contributed by atoms with E-state index in [1.165, 1.54) is 22.6 Å². The van der Waals surface area contributed by atoms with Crippen LogP contribution in [0.5, 0.6) is 0 Å². The third-order valence-electron chi connectivity index (χ3n) is 3.35. The van der Waals surface area contributed by atoms with Gasteiger partial charge in [0, 0.05) is 22.6 Å². The zero-order chi connectivity index (χ0) is 12.1. The van der Waals surface area contributed by atoms with Crippen molar-refractivity contribution >= 4 is 17.1 Å². The normalized spacial score (nSPS) is 20.4. The summed E-state index contributed by atoms with van der Waals surface area (Å²) in [6, 6.07) is 4.26. The van der Waals surface area contributed by atoms with Crippen molar-refractivity contribution < 1.29 is 4.79 Å². The number of thiophene rings is 1. The number of carbonyl (C=O) groups excluding carboxylic acids is 1. The summed E-state index contributed by atoms with van der Waals surface area (Å²) in [5.74, 6) is 0.977. The highest BCUT2D eigenvalue weighted by Crippen LogP contribution is 2.20. The molecule has 2 rings (SSSR count). The molecule has 1 saturated heterocycles. The molecule has 1 aliphatic rings. The third-order valence-corrected chi connectivity index (χ3v) is 4.58. The summed E-state index contributed by atoms with van der Waals surface area (Å²) in [5, 5.41) is 3.37.